The second kappa shape index (κ2) is 4.43. The van der Waals surface area contributed by atoms with Crippen LogP contribution < -0.4 is 10.5 Å². The Hall–Kier alpha value is -1.71. The molecule has 0 unspecified atom stereocenters. The van der Waals surface area contributed by atoms with Crippen LogP contribution in [0.2, 0.25) is 0 Å². The summed E-state index contributed by atoms with van der Waals surface area (Å²) in [5.74, 6) is 0.138. The smallest absolute Gasteiger partial charge is 0.338 e. The number of rotatable bonds is 2. The molecule has 0 radical (unpaired) electrons. The van der Waals surface area contributed by atoms with Gasteiger partial charge in [0.1, 0.15) is 11.4 Å². The lowest BCUT2D eigenvalue weighted by molar-refractivity contribution is 0.00692. The highest BCUT2D eigenvalue weighted by molar-refractivity contribution is 5.91. The first-order valence-corrected chi connectivity index (χ1v) is 5.00. The van der Waals surface area contributed by atoms with E-state index in [-0.39, 0.29) is 0 Å². The molecule has 0 atom stereocenters. The van der Waals surface area contributed by atoms with Crippen LogP contribution in [0, 0.1) is 0 Å². The van der Waals surface area contributed by atoms with Gasteiger partial charge in [0.15, 0.2) is 0 Å². The van der Waals surface area contributed by atoms with Crippen LogP contribution in [0.15, 0.2) is 18.2 Å². The molecule has 4 nitrogen and oxygen atoms in total. The number of hydrogen-bond donors (Lipinski definition) is 1. The van der Waals surface area contributed by atoms with E-state index in [1.54, 1.807) is 18.2 Å². The van der Waals surface area contributed by atoms with Crippen LogP contribution in [0.3, 0.4) is 0 Å². The second-order valence-electron chi connectivity index (χ2n) is 4.50. The van der Waals surface area contributed by atoms with Crippen molar-refractivity contribution >= 4 is 11.7 Å². The third kappa shape index (κ3) is 3.46. The lowest BCUT2D eigenvalue weighted by Gasteiger charge is -2.19. The average Bonchev–Trinajstić information content (AvgIpc) is 2.14. The van der Waals surface area contributed by atoms with E-state index in [4.69, 9.17) is 15.2 Å². The number of esters is 1. The molecule has 0 aliphatic heterocycles. The Morgan fingerprint density at radius 2 is 1.88 bits per heavy atom. The molecule has 0 amide bonds. The van der Waals surface area contributed by atoms with Gasteiger partial charge in [-0.15, -0.1) is 0 Å². The van der Waals surface area contributed by atoms with Crippen LogP contribution in [0.5, 0.6) is 5.75 Å². The summed E-state index contributed by atoms with van der Waals surface area (Å²) in [6, 6.07) is 4.81. The molecule has 0 saturated carbocycles. The van der Waals surface area contributed by atoms with Crippen molar-refractivity contribution in [1.29, 1.82) is 0 Å². The number of benzene rings is 1. The lowest BCUT2D eigenvalue weighted by atomic mass is 10.1. The quantitative estimate of drug-likeness (QED) is 0.617. The molecule has 0 heterocycles. The van der Waals surface area contributed by atoms with Crippen molar-refractivity contribution in [1.82, 2.24) is 0 Å². The molecule has 1 aromatic carbocycles. The minimum absolute atomic E-state index is 0.395. The molecular weight excluding hydrogens is 206 g/mol. The molecule has 0 saturated heterocycles. The predicted molar refractivity (Wildman–Crippen MR) is 62.6 cm³/mol. The zero-order valence-electron chi connectivity index (χ0n) is 10.0. The largest absolute Gasteiger partial charge is 0.497 e. The topological polar surface area (TPSA) is 61.5 Å². The number of nitrogen functional groups attached to an aromatic ring is 1. The lowest BCUT2D eigenvalue weighted by Crippen LogP contribution is -2.23. The van der Waals surface area contributed by atoms with Gasteiger partial charge in [0.05, 0.1) is 12.7 Å². The van der Waals surface area contributed by atoms with Crippen LogP contribution in [0.1, 0.15) is 31.1 Å². The van der Waals surface area contributed by atoms with E-state index < -0.39 is 11.6 Å². The fourth-order valence-corrected chi connectivity index (χ4v) is 1.19. The number of carbonyl (C=O) groups is 1. The summed E-state index contributed by atoms with van der Waals surface area (Å²) in [5.41, 5.74) is 6.00. The van der Waals surface area contributed by atoms with Crippen molar-refractivity contribution in [3.8, 4) is 5.75 Å². The first kappa shape index (κ1) is 12.4. The normalized spacial score (nSPS) is 11.0. The molecule has 1 aromatic rings. The first-order valence-electron chi connectivity index (χ1n) is 5.00. The summed E-state index contributed by atoms with van der Waals surface area (Å²) in [6.45, 7) is 5.44. The van der Waals surface area contributed by atoms with E-state index in [2.05, 4.69) is 0 Å². The predicted octanol–water partition coefficient (Wildman–Crippen LogP) is 2.23. The zero-order valence-corrected chi connectivity index (χ0v) is 10.0. The molecule has 0 spiro atoms. The van der Waals surface area contributed by atoms with Crippen molar-refractivity contribution in [2.45, 2.75) is 26.4 Å². The van der Waals surface area contributed by atoms with Crippen molar-refractivity contribution in [3.05, 3.63) is 23.8 Å². The Bertz CT molecular complexity index is 394. The number of carbonyl (C=O) groups excluding carboxylic acids is 1. The van der Waals surface area contributed by atoms with Crippen LogP contribution in [0.4, 0.5) is 5.69 Å². The Kier molecular flexibility index (Phi) is 3.42. The third-order valence-electron chi connectivity index (χ3n) is 1.80. The van der Waals surface area contributed by atoms with Crippen molar-refractivity contribution < 1.29 is 14.3 Å². The number of ether oxygens (including phenoxy) is 2. The fraction of sp³-hybridized carbons (Fsp3) is 0.417. The molecule has 4 heteroatoms. The first-order chi connectivity index (χ1) is 7.31. The molecule has 0 aliphatic carbocycles. The maximum Gasteiger partial charge on any atom is 0.338 e. The van der Waals surface area contributed by atoms with Gasteiger partial charge in [-0.1, -0.05) is 0 Å². The van der Waals surface area contributed by atoms with Gasteiger partial charge in [0.2, 0.25) is 0 Å². The molecular formula is C12H17NO3. The van der Waals surface area contributed by atoms with Gasteiger partial charge in [-0.3, -0.25) is 0 Å². The van der Waals surface area contributed by atoms with E-state index in [1.807, 2.05) is 20.8 Å². The van der Waals surface area contributed by atoms with E-state index in [0.717, 1.165) is 0 Å². The Morgan fingerprint density at radius 1 is 1.25 bits per heavy atom. The van der Waals surface area contributed by atoms with Crippen LogP contribution in [-0.4, -0.2) is 18.7 Å². The minimum atomic E-state index is -0.519. The molecule has 0 fully saturated rings. The molecule has 2 N–H and O–H groups in total. The van der Waals surface area contributed by atoms with Crippen molar-refractivity contribution in [2.75, 3.05) is 12.8 Å². The fourth-order valence-electron chi connectivity index (χ4n) is 1.19. The van der Waals surface area contributed by atoms with Gasteiger partial charge < -0.3 is 15.2 Å². The Labute approximate surface area is 95.3 Å². The molecule has 1 rings (SSSR count). The molecule has 0 aliphatic rings. The zero-order chi connectivity index (χ0) is 12.3. The number of nitrogens with two attached hydrogens (primary N) is 1. The highest BCUT2D eigenvalue weighted by Crippen LogP contribution is 2.20. The minimum Gasteiger partial charge on any atom is -0.497 e. The summed E-state index contributed by atoms with van der Waals surface area (Å²) >= 11 is 0. The molecule has 16 heavy (non-hydrogen) atoms. The summed E-state index contributed by atoms with van der Waals surface area (Å²) in [6.07, 6.45) is 0. The average molecular weight is 223 g/mol. The molecule has 0 bridgehead atoms. The van der Waals surface area contributed by atoms with E-state index in [9.17, 15) is 4.79 Å². The Balaban J connectivity index is 2.95. The van der Waals surface area contributed by atoms with Crippen molar-refractivity contribution in [2.24, 2.45) is 0 Å². The Morgan fingerprint density at radius 3 is 2.38 bits per heavy atom. The van der Waals surface area contributed by atoms with Gasteiger partial charge in [-0.2, -0.15) is 0 Å². The summed E-state index contributed by atoms with van der Waals surface area (Å²) in [5, 5.41) is 0. The maximum atomic E-state index is 11.7. The van der Waals surface area contributed by atoms with E-state index in [0.29, 0.717) is 17.0 Å². The second-order valence-corrected chi connectivity index (χ2v) is 4.50. The standard InChI is InChI=1S/C12H17NO3/c1-12(2,3)16-11(14)8-5-9(13)7-10(6-8)15-4/h5-7H,13H2,1-4H3. The highest BCUT2D eigenvalue weighted by atomic mass is 16.6. The number of methoxy groups -OCH3 is 1. The van der Waals surface area contributed by atoms with Crippen LogP contribution in [-0.2, 0) is 4.74 Å². The van der Waals surface area contributed by atoms with Crippen molar-refractivity contribution in [3.63, 3.8) is 0 Å². The van der Waals surface area contributed by atoms with Crippen LogP contribution >= 0.6 is 0 Å². The summed E-state index contributed by atoms with van der Waals surface area (Å²) in [7, 11) is 1.52. The van der Waals surface area contributed by atoms with Crippen LogP contribution in [0.25, 0.3) is 0 Å². The van der Waals surface area contributed by atoms with Gasteiger partial charge in [-0.05, 0) is 32.9 Å². The highest BCUT2D eigenvalue weighted by Gasteiger charge is 2.18. The SMILES string of the molecule is COc1cc(N)cc(C(=O)OC(C)(C)C)c1. The summed E-state index contributed by atoms with van der Waals surface area (Å²) < 4.78 is 10.3. The number of anilines is 1. The van der Waals surface area contributed by atoms with E-state index in [1.165, 1.54) is 7.11 Å². The molecule has 88 valence electrons. The van der Waals surface area contributed by atoms with Gasteiger partial charge in [-0.25, -0.2) is 4.79 Å². The monoisotopic (exact) mass is 223 g/mol. The summed E-state index contributed by atoms with van der Waals surface area (Å²) in [4.78, 5) is 11.7. The maximum absolute atomic E-state index is 11.7. The third-order valence-corrected chi connectivity index (χ3v) is 1.80. The molecule has 0 aromatic heterocycles. The van der Waals surface area contributed by atoms with Gasteiger partial charge in [0, 0.05) is 11.8 Å². The van der Waals surface area contributed by atoms with Gasteiger partial charge in [0.25, 0.3) is 0 Å². The van der Waals surface area contributed by atoms with E-state index >= 15 is 0 Å². The van der Waals surface area contributed by atoms with Gasteiger partial charge >= 0.3 is 5.97 Å². The number of hydrogen-bond acceptors (Lipinski definition) is 4.